The third-order valence-electron chi connectivity index (χ3n) is 3.75. The predicted molar refractivity (Wildman–Crippen MR) is 81.2 cm³/mol. The SMILES string of the molecule is CCc1ccc(-c2noc(C3CCNCC3)n2)cc1.Cl. The smallest absolute Gasteiger partial charge is 0.230 e. The van der Waals surface area contributed by atoms with E-state index in [4.69, 9.17) is 4.52 Å². The van der Waals surface area contributed by atoms with Gasteiger partial charge in [-0.1, -0.05) is 36.3 Å². The summed E-state index contributed by atoms with van der Waals surface area (Å²) in [5, 5.41) is 7.46. The van der Waals surface area contributed by atoms with Crippen molar-refractivity contribution < 1.29 is 4.52 Å². The third kappa shape index (κ3) is 3.19. The number of nitrogens with one attached hydrogen (secondary N) is 1. The monoisotopic (exact) mass is 293 g/mol. The summed E-state index contributed by atoms with van der Waals surface area (Å²) in [6.45, 7) is 4.22. The van der Waals surface area contributed by atoms with Crippen molar-refractivity contribution in [3.8, 4) is 11.4 Å². The van der Waals surface area contributed by atoms with Crippen LogP contribution in [-0.4, -0.2) is 23.2 Å². The second-order valence-electron chi connectivity index (χ2n) is 5.03. The lowest BCUT2D eigenvalue weighted by molar-refractivity contribution is 0.320. The van der Waals surface area contributed by atoms with Crippen LogP contribution in [0.1, 0.15) is 37.1 Å². The first-order chi connectivity index (χ1) is 9.36. The first-order valence-corrected chi connectivity index (χ1v) is 7.00. The number of nitrogens with zero attached hydrogens (tertiary/aromatic N) is 2. The molecule has 0 atom stereocenters. The molecule has 1 saturated heterocycles. The van der Waals surface area contributed by atoms with Gasteiger partial charge in [0.05, 0.1) is 0 Å². The lowest BCUT2D eigenvalue weighted by atomic mass is 9.98. The summed E-state index contributed by atoms with van der Waals surface area (Å²) in [4.78, 5) is 4.55. The van der Waals surface area contributed by atoms with E-state index < -0.39 is 0 Å². The van der Waals surface area contributed by atoms with Crippen LogP contribution in [0.4, 0.5) is 0 Å². The van der Waals surface area contributed by atoms with Crippen LogP contribution in [0.5, 0.6) is 0 Å². The standard InChI is InChI=1S/C15H19N3O.ClH/c1-2-11-3-5-12(6-4-11)14-17-15(19-18-14)13-7-9-16-10-8-13;/h3-6,13,16H,2,7-10H2,1H3;1H. The minimum atomic E-state index is 0. The molecule has 108 valence electrons. The van der Waals surface area contributed by atoms with Crippen molar-refractivity contribution in [2.45, 2.75) is 32.1 Å². The lowest BCUT2D eigenvalue weighted by Crippen LogP contribution is -2.26. The van der Waals surface area contributed by atoms with Crippen LogP contribution in [0.2, 0.25) is 0 Å². The average Bonchev–Trinajstić information content (AvgIpc) is 2.98. The third-order valence-corrected chi connectivity index (χ3v) is 3.75. The Balaban J connectivity index is 0.00000147. The molecule has 20 heavy (non-hydrogen) atoms. The Bertz CT molecular complexity index is 532. The summed E-state index contributed by atoms with van der Waals surface area (Å²) in [6.07, 6.45) is 3.21. The number of piperidine rings is 1. The van der Waals surface area contributed by atoms with E-state index in [9.17, 15) is 0 Å². The number of aryl methyl sites for hydroxylation is 1. The van der Waals surface area contributed by atoms with Gasteiger partial charge in [0.2, 0.25) is 11.7 Å². The van der Waals surface area contributed by atoms with Crippen molar-refractivity contribution in [2.24, 2.45) is 0 Å². The number of aromatic nitrogens is 2. The highest BCUT2D eigenvalue weighted by atomic mass is 35.5. The molecular formula is C15H20ClN3O. The molecule has 1 aromatic carbocycles. The Hall–Kier alpha value is -1.39. The molecular weight excluding hydrogens is 274 g/mol. The average molecular weight is 294 g/mol. The van der Waals surface area contributed by atoms with Crippen molar-refractivity contribution in [1.29, 1.82) is 0 Å². The summed E-state index contributed by atoms with van der Waals surface area (Å²) in [5.74, 6) is 1.91. The van der Waals surface area contributed by atoms with Gasteiger partial charge in [-0.15, -0.1) is 12.4 Å². The van der Waals surface area contributed by atoms with E-state index in [2.05, 4.69) is 46.6 Å². The van der Waals surface area contributed by atoms with Crippen molar-refractivity contribution in [2.75, 3.05) is 13.1 Å². The molecule has 1 fully saturated rings. The highest BCUT2D eigenvalue weighted by molar-refractivity contribution is 5.85. The molecule has 1 aliphatic heterocycles. The van der Waals surface area contributed by atoms with Crippen LogP contribution in [0.15, 0.2) is 28.8 Å². The van der Waals surface area contributed by atoms with E-state index in [0.29, 0.717) is 11.7 Å². The maximum Gasteiger partial charge on any atom is 0.230 e. The van der Waals surface area contributed by atoms with Gasteiger partial charge in [-0.05, 0) is 37.9 Å². The van der Waals surface area contributed by atoms with Gasteiger partial charge in [-0.25, -0.2) is 0 Å². The number of halogens is 1. The Kier molecular flexibility index (Phi) is 5.15. The highest BCUT2D eigenvalue weighted by Gasteiger charge is 2.21. The zero-order valence-corrected chi connectivity index (χ0v) is 12.4. The van der Waals surface area contributed by atoms with Crippen molar-refractivity contribution in [1.82, 2.24) is 15.5 Å². The van der Waals surface area contributed by atoms with Crippen LogP contribution in [0, 0.1) is 0 Å². The van der Waals surface area contributed by atoms with Crippen LogP contribution in [0.3, 0.4) is 0 Å². The van der Waals surface area contributed by atoms with Crippen LogP contribution < -0.4 is 5.32 Å². The molecule has 5 heteroatoms. The molecule has 1 aromatic heterocycles. The minimum absolute atomic E-state index is 0. The fourth-order valence-electron chi connectivity index (χ4n) is 2.48. The topological polar surface area (TPSA) is 51.0 Å². The Morgan fingerprint density at radius 1 is 1.20 bits per heavy atom. The first-order valence-electron chi connectivity index (χ1n) is 7.00. The molecule has 1 aliphatic rings. The molecule has 0 aliphatic carbocycles. The van der Waals surface area contributed by atoms with Gasteiger partial charge in [0, 0.05) is 11.5 Å². The summed E-state index contributed by atoms with van der Waals surface area (Å²) >= 11 is 0. The van der Waals surface area contributed by atoms with Gasteiger partial charge in [0.1, 0.15) is 0 Å². The van der Waals surface area contributed by atoms with E-state index in [0.717, 1.165) is 43.8 Å². The quantitative estimate of drug-likeness (QED) is 0.944. The second-order valence-corrected chi connectivity index (χ2v) is 5.03. The van der Waals surface area contributed by atoms with E-state index in [1.807, 2.05) is 0 Å². The summed E-state index contributed by atoms with van der Waals surface area (Å²) in [6, 6.07) is 8.37. The molecule has 0 unspecified atom stereocenters. The molecule has 0 amide bonds. The normalized spacial score (nSPS) is 15.8. The Morgan fingerprint density at radius 3 is 2.55 bits per heavy atom. The second kappa shape index (κ2) is 6.86. The maximum atomic E-state index is 5.43. The van der Waals surface area contributed by atoms with Crippen LogP contribution in [0.25, 0.3) is 11.4 Å². The van der Waals surface area contributed by atoms with E-state index in [1.54, 1.807) is 0 Å². The highest BCUT2D eigenvalue weighted by Crippen LogP contribution is 2.26. The van der Waals surface area contributed by atoms with Crippen LogP contribution >= 0.6 is 12.4 Å². The molecule has 0 radical (unpaired) electrons. The van der Waals surface area contributed by atoms with Gasteiger partial charge >= 0.3 is 0 Å². The fourth-order valence-corrected chi connectivity index (χ4v) is 2.48. The number of rotatable bonds is 3. The molecule has 2 heterocycles. The van der Waals surface area contributed by atoms with Crippen molar-refractivity contribution in [3.05, 3.63) is 35.7 Å². The lowest BCUT2D eigenvalue weighted by Gasteiger charge is -2.18. The van der Waals surface area contributed by atoms with Gasteiger partial charge in [0.25, 0.3) is 0 Å². The number of hydrogen-bond acceptors (Lipinski definition) is 4. The van der Waals surface area contributed by atoms with Gasteiger partial charge in [-0.3, -0.25) is 0 Å². The Labute approximate surface area is 125 Å². The zero-order valence-electron chi connectivity index (χ0n) is 11.6. The molecule has 2 aromatic rings. The zero-order chi connectivity index (χ0) is 13.1. The number of hydrogen-bond donors (Lipinski definition) is 1. The first kappa shape index (κ1) is 15.0. The summed E-state index contributed by atoms with van der Waals surface area (Å²) < 4.78 is 5.43. The molecule has 0 saturated carbocycles. The number of benzene rings is 1. The molecule has 4 nitrogen and oxygen atoms in total. The molecule has 3 rings (SSSR count). The van der Waals surface area contributed by atoms with Crippen LogP contribution in [-0.2, 0) is 6.42 Å². The van der Waals surface area contributed by atoms with Gasteiger partial charge in [-0.2, -0.15) is 4.98 Å². The molecule has 0 bridgehead atoms. The summed E-state index contributed by atoms with van der Waals surface area (Å²) in [5.41, 5.74) is 2.35. The Morgan fingerprint density at radius 2 is 1.90 bits per heavy atom. The molecule has 0 spiro atoms. The fraction of sp³-hybridized carbons (Fsp3) is 0.467. The maximum absolute atomic E-state index is 5.43. The van der Waals surface area contributed by atoms with E-state index in [-0.39, 0.29) is 12.4 Å². The molecule has 1 N–H and O–H groups in total. The predicted octanol–water partition coefficient (Wildman–Crippen LogP) is 3.19. The van der Waals surface area contributed by atoms with Gasteiger partial charge < -0.3 is 9.84 Å². The van der Waals surface area contributed by atoms with Crippen molar-refractivity contribution in [3.63, 3.8) is 0 Å². The summed E-state index contributed by atoms with van der Waals surface area (Å²) in [7, 11) is 0. The van der Waals surface area contributed by atoms with E-state index in [1.165, 1.54) is 5.56 Å². The minimum Gasteiger partial charge on any atom is -0.339 e. The van der Waals surface area contributed by atoms with E-state index >= 15 is 0 Å². The largest absolute Gasteiger partial charge is 0.339 e. The van der Waals surface area contributed by atoms with Crippen molar-refractivity contribution >= 4 is 12.4 Å². The van der Waals surface area contributed by atoms with Gasteiger partial charge in [0.15, 0.2) is 0 Å².